The minimum Gasteiger partial charge on any atom is -0.407 e. The Labute approximate surface area is 214 Å². The largest absolute Gasteiger partial charge is 0.407 e. The van der Waals surface area contributed by atoms with E-state index in [4.69, 9.17) is 8.85 Å². The zero-order valence-corrected chi connectivity index (χ0v) is 26.4. The average molecular weight is 599 g/mol. The van der Waals surface area contributed by atoms with Crippen LogP contribution >= 0.6 is 31.9 Å². The van der Waals surface area contributed by atoms with Gasteiger partial charge in [-0.15, -0.1) is 0 Å². The molecule has 0 amide bonds. The van der Waals surface area contributed by atoms with Crippen LogP contribution in [0.4, 0.5) is 0 Å². The number of hydrogen-bond donors (Lipinski definition) is 0. The molecule has 176 valence electrons. The highest BCUT2D eigenvalue weighted by Gasteiger charge is 2.48. The molecule has 0 bridgehead atoms. The molecular weight excluding hydrogens is 560 g/mol. The van der Waals surface area contributed by atoms with Crippen molar-refractivity contribution in [3.63, 3.8) is 0 Å². The molecule has 1 aliphatic carbocycles. The summed E-state index contributed by atoms with van der Waals surface area (Å²) in [6, 6.07) is 13.2. The molecule has 2 atom stereocenters. The zero-order valence-electron chi connectivity index (χ0n) is 21.2. The first-order valence-electron chi connectivity index (χ1n) is 11.4. The Morgan fingerprint density at radius 3 is 1.22 bits per heavy atom. The molecular formula is C26H38Br2O2Si2. The van der Waals surface area contributed by atoms with Gasteiger partial charge in [0.15, 0.2) is 16.6 Å². The lowest BCUT2D eigenvalue weighted by atomic mass is 9.82. The third-order valence-electron chi connectivity index (χ3n) is 7.66. The molecule has 6 heteroatoms. The van der Waals surface area contributed by atoms with E-state index in [1.54, 1.807) is 0 Å². The minimum absolute atomic E-state index is 0.109. The van der Waals surface area contributed by atoms with E-state index in [0.717, 1.165) is 8.95 Å². The Morgan fingerprint density at radius 2 is 0.938 bits per heavy atom. The van der Waals surface area contributed by atoms with Gasteiger partial charge in [-0.2, -0.15) is 0 Å². The summed E-state index contributed by atoms with van der Waals surface area (Å²) in [5.74, 6) is 0. The molecule has 0 spiro atoms. The Kier molecular flexibility index (Phi) is 7.21. The van der Waals surface area contributed by atoms with E-state index in [0.29, 0.717) is 0 Å². The molecule has 0 saturated heterocycles. The molecule has 0 radical (unpaired) electrons. The van der Waals surface area contributed by atoms with Crippen molar-refractivity contribution in [1.29, 1.82) is 0 Å². The number of fused-ring (bicyclic) bond motifs is 3. The molecule has 0 aromatic heterocycles. The topological polar surface area (TPSA) is 18.5 Å². The molecule has 32 heavy (non-hydrogen) atoms. The maximum absolute atomic E-state index is 7.19. The molecule has 0 N–H and O–H groups in total. The van der Waals surface area contributed by atoms with E-state index in [2.05, 4.69) is 136 Å². The standard InChI is InChI=1S/C26H38Br2O2Si2/c1-25(2,3)31(7,8)29-23-21-15-17(27)11-13-19(21)20-14-12-18(28)16-22(20)24(23)30-32(9,10)26(4,5)6/h11-16,23-24H,1-10H3/t23-,24-/m1/s1. The molecule has 2 nitrogen and oxygen atoms in total. The molecule has 0 saturated carbocycles. The maximum atomic E-state index is 7.19. The number of benzene rings is 2. The summed E-state index contributed by atoms with van der Waals surface area (Å²) in [6.45, 7) is 23.2. The van der Waals surface area contributed by atoms with Gasteiger partial charge in [0, 0.05) is 8.95 Å². The fourth-order valence-electron chi connectivity index (χ4n) is 3.59. The number of rotatable bonds is 4. The summed E-state index contributed by atoms with van der Waals surface area (Å²) in [4.78, 5) is 0. The molecule has 0 fully saturated rings. The summed E-state index contributed by atoms with van der Waals surface area (Å²) in [5, 5.41) is 0.219. The van der Waals surface area contributed by atoms with Gasteiger partial charge in [-0.25, -0.2) is 0 Å². The highest BCUT2D eigenvalue weighted by molar-refractivity contribution is 9.10. The molecule has 0 heterocycles. The number of hydrogen-bond acceptors (Lipinski definition) is 2. The normalized spacial score (nSPS) is 19.5. The van der Waals surface area contributed by atoms with Gasteiger partial charge >= 0.3 is 0 Å². The van der Waals surface area contributed by atoms with Crippen LogP contribution in [-0.2, 0) is 8.85 Å². The lowest BCUT2D eigenvalue weighted by molar-refractivity contribution is 0.0318. The fraction of sp³-hybridized carbons (Fsp3) is 0.538. The van der Waals surface area contributed by atoms with Crippen LogP contribution in [0, 0.1) is 0 Å². The Morgan fingerprint density at radius 1 is 0.625 bits per heavy atom. The van der Waals surface area contributed by atoms with Gasteiger partial charge in [-0.1, -0.05) is 85.5 Å². The highest BCUT2D eigenvalue weighted by atomic mass is 79.9. The lowest BCUT2D eigenvalue weighted by Gasteiger charge is -2.47. The van der Waals surface area contributed by atoms with E-state index in [1.165, 1.54) is 22.3 Å². The smallest absolute Gasteiger partial charge is 0.193 e. The molecule has 0 unspecified atom stereocenters. The first kappa shape index (κ1) is 26.4. The van der Waals surface area contributed by atoms with E-state index in [9.17, 15) is 0 Å². The van der Waals surface area contributed by atoms with Crippen LogP contribution in [-0.4, -0.2) is 16.6 Å². The molecule has 1 aliphatic rings. The van der Waals surface area contributed by atoms with Gasteiger partial charge in [0.25, 0.3) is 0 Å². The Balaban J connectivity index is 2.25. The van der Waals surface area contributed by atoms with E-state index in [1.807, 2.05) is 0 Å². The van der Waals surface area contributed by atoms with Crippen LogP contribution < -0.4 is 0 Å². The van der Waals surface area contributed by atoms with Crippen molar-refractivity contribution in [3.05, 3.63) is 56.5 Å². The van der Waals surface area contributed by atoms with Gasteiger partial charge in [0.2, 0.25) is 0 Å². The zero-order chi connectivity index (χ0) is 24.3. The van der Waals surface area contributed by atoms with Crippen molar-refractivity contribution >= 4 is 48.5 Å². The van der Waals surface area contributed by atoms with Crippen LogP contribution in [0.25, 0.3) is 11.1 Å². The second-order valence-electron chi connectivity index (χ2n) is 12.1. The van der Waals surface area contributed by atoms with Crippen molar-refractivity contribution < 1.29 is 8.85 Å². The van der Waals surface area contributed by atoms with Gasteiger partial charge in [-0.05, 0) is 82.8 Å². The van der Waals surface area contributed by atoms with Gasteiger partial charge in [0.05, 0.1) is 0 Å². The quantitative estimate of drug-likeness (QED) is 0.326. The van der Waals surface area contributed by atoms with Gasteiger partial charge in [0.1, 0.15) is 12.2 Å². The highest BCUT2D eigenvalue weighted by Crippen LogP contribution is 2.54. The summed E-state index contributed by atoms with van der Waals surface area (Å²) in [5.41, 5.74) is 4.94. The van der Waals surface area contributed by atoms with E-state index < -0.39 is 16.6 Å². The third-order valence-corrected chi connectivity index (χ3v) is 17.6. The van der Waals surface area contributed by atoms with E-state index in [-0.39, 0.29) is 22.3 Å². The Bertz CT molecular complexity index is 922. The first-order chi connectivity index (χ1) is 14.4. The van der Waals surface area contributed by atoms with Crippen molar-refractivity contribution in [2.75, 3.05) is 0 Å². The molecule has 3 rings (SSSR count). The van der Waals surface area contributed by atoms with Crippen LogP contribution in [0.5, 0.6) is 0 Å². The maximum Gasteiger partial charge on any atom is 0.193 e. The predicted molar refractivity (Wildman–Crippen MR) is 149 cm³/mol. The summed E-state index contributed by atoms with van der Waals surface area (Å²) < 4.78 is 16.5. The van der Waals surface area contributed by atoms with Crippen molar-refractivity contribution in [1.82, 2.24) is 0 Å². The predicted octanol–water partition coefficient (Wildman–Crippen LogP) is 10.0. The third kappa shape index (κ3) is 5.06. The van der Waals surface area contributed by atoms with Crippen LogP contribution in [0.15, 0.2) is 45.3 Å². The van der Waals surface area contributed by atoms with Crippen molar-refractivity contribution in [3.8, 4) is 11.1 Å². The monoisotopic (exact) mass is 596 g/mol. The lowest BCUT2D eigenvalue weighted by Crippen LogP contribution is -2.47. The van der Waals surface area contributed by atoms with Gasteiger partial charge < -0.3 is 8.85 Å². The summed E-state index contributed by atoms with van der Waals surface area (Å²) in [7, 11) is -4.14. The summed E-state index contributed by atoms with van der Waals surface area (Å²) in [6.07, 6.45) is -0.279. The second-order valence-corrected chi connectivity index (χ2v) is 23.4. The minimum atomic E-state index is -2.07. The van der Waals surface area contributed by atoms with Crippen molar-refractivity contribution in [2.45, 2.75) is 90.0 Å². The average Bonchev–Trinajstić information content (AvgIpc) is 2.62. The van der Waals surface area contributed by atoms with Crippen LogP contribution in [0.3, 0.4) is 0 Å². The molecule has 2 aromatic rings. The number of halogens is 2. The second kappa shape index (κ2) is 8.76. The first-order valence-corrected chi connectivity index (χ1v) is 18.8. The molecule has 0 aliphatic heterocycles. The van der Waals surface area contributed by atoms with Crippen LogP contribution in [0.2, 0.25) is 36.3 Å². The van der Waals surface area contributed by atoms with Crippen molar-refractivity contribution in [2.24, 2.45) is 0 Å². The van der Waals surface area contributed by atoms with Gasteiger partial charge in [-0.3, -0.25) is 0 Å². The molecule has 2 aromatic carbocycles. The Hall–Kier alpha value is -0.246. The fourth-order valence-corrected chi connectivity index (χ4v) is 6.83. The summed E-state index contributed by atoms with van der Waals surface area (Å²) >= 11 is 7.44. The van der Waals surface area contributed by atoms with Crippen LogP contribution in [0.1, 0.15) is 64.9 Å². The van der Waals surface area contributed by atoms with E-state index >= 15 is 0 Å². The SMILES string of the molecule is CC(C)(C)[Si](C)(C)O[C@@H]1c2cc(Br)ccc2-c2ccc(Br)cc2[C@H]1O[Si](C)(C)C(C)(C)C.